The van der Waals surface area contributed by atoms with E-state index in [1.165, 1.54) is 25.7 Å². The van der Waals surface area contributed by atoms with Crippen molar-refractivity contribution in [1.82, 2.24) is 5.32 Å². The highest BCUT2D eigenvalue weighted by molar-refractivity contribution is 4.83. The summed E-state index contributed by atoms with van der Waals surface area (Å²) in [4.78, 5) is 0. The van der Waals surface area contributed by atoms with Gasteiger partial charge in [-0.1, -0.05) is 13.8 Å². The lowest BCUT2D eigenvalue weighted by Gasteiger charge is -2.33. The Morgan fingerprint density at radius 2 is 2.17 bits per heavy atom. The first-order valence-electron chi connectivity index (χ1n) is 5.23. The summed E-state index contributed by atoms with van der Waals surface area (Å²) in [5.41, 5.74) is 5.89. The number of rotatable bonds is 3. The van der Waals surface area contributed by atoms with Crippen LogP contribution in [0.1, 0.15) is 39.5 Å². The van der Waals surface area contributed by atoms with Gasteiger partial charge in [0.2, 0.25) is 0 Å². The lowest BCUT2D eigenvalue weighted by Crippen LogP contribution is -2.43. The van der Waals surface area contributed by atoms with Crippen molar-refractivity contribution in [3.8, 4) is 0 Å². The quantitative estimate of drug-likeness (QED) is 0.673. The molecule has 12 heavy (non-hydrogen) atoms. The van der Waals surface area contributed by atoms with Crippen LogP contribution in [-0.2, 0) is 0 Å². The van der Waals surface area contributed by atoms with Gasteiger partial charge in [0.25, 0.3) is 0 Å². The minimum absolute atomic E-state index is 0.458. The Labute approximate surface area is 75.9 Å². The molecular weight excluding hydrogens is 148 g/mol. The van der Waals surface area contributed by atoms with Crippen molar-refractivity contribution in [2.24, 2.45) is 11.7 Å². The van der Waals surface area contributed by atoms with Gasteiger partial charge >= 0.3 is 0 Å². The van der Waals surface area contributed by atoms with Gasteiger partial charge in [-0.3, -0.25) is 0 Å². The largest absolute Gasteiger partial charge is 0.328 e. The van der Waals surface area contributed by atoms with Crippen LogP contribution in [0.2, 0.25) is 0 Å². The van der Waals surface area contributed by atoms with Gasteiger partial charge in [0, 0.05) is 12.1 Å². The molecule has 0 saturated heterocycles. The fourth-order valence-electron chi connectivity index (χ4n) is 2.07. The van der Waals surface area contributed by atoms with Gasteiger partial charge in [0.15, 0.2) is 0 Å². The van der Waals surface area contributed by atoms with Gasteiger partial charge in [0.1, 0.15) is 0 Å². The zero-order chi connectivity index (χ0) is 8.97. The van der Waals surface area contributed by atoms with E-state index < -0.39 is 0 Å². The van der Waals surface area contributed by atoms with E-state index in [4.69, 9.17) is 5.73 Å². The third kappa shape index (κ3) is 2.76. The summed E-state index contributed by atoms with van der Waals surface area (Å²) >= 11 is 0. The summed E-state index contributed by atoms with van der Waals surface area (Å²) in [7, 11) is 0. The van der Waals surface area contributed by atoms with Crippen LogP contribution in [0.25, 0.3) is 0 Å². The van der Waals surface area contributed by atoms with E-state index in [0.29, 0.717) is 6.04 Å². The van der Waals surface area contributed by atoms with Crippen molar-refractivity contribution in [3.05, 3.63) is 0 Å². The zero-order valence-electron chi connectivity index (χ0n) is 8.34. The van der Waals surface area contributed by atoms with Crippen LogP contribution in [0.15, 0.2) is 0 Å². The molecule has 0 heterocycles. The Balaban J connectivity index is 2.25. The fraction of sp³-hybridized carbons (Fsp3) is 1.00. The lowest BCUT2D eigenvalue weighted by molar-refractivity contribution is 0.258. The Hall–Kier alpha value is -0.0800. The molecule has 1 rings (SSSR count). The van der Waals surface area contributed by atoms with Crippen LogP contribution >= 0.6 is 0 Å². The van der Waals surface area contributed by atoms with Crippen LogP contribution in [0.5, 0.6) is 0 Å². The second-order valence-electron chi connectivity index (χ2n) is 4.11. The number of hydrogen-bond acceptors (Lipinski definition) is 2. The molecule has 0 bridgehead atoms. The van der Waals surface area contributed by atoms with Crippen molar-refractivity contribution in [1.29, 1.82) is 0 Å². The molecule has 0 aromatic carbocycles. The molecule has 0 aromatic heterocycles. The lowest BCUT2D eigenvalue weighted by atomic mass is 9.83. The summed E-state index contributed by atoms with van der Waals surface area (Å²) in [5, 5.41) is 3.59. The van der Waals surface area contributed by atoms with E-state index in [1.54, 1.807) is 0 Å². The fourth-order valence-corrected chi connectivity index (χ4v) is 2.07. The summed E-state index contributed by atoms with van der Waals surface area (Å²) in [6, 6.07) is 1.18. The third-order valence-electron chi connectivity index (χ3n) is 2.87. The minimum Gasteiger partial charge on any atom is -0.328 e. The van der Waals surface area contributed by atoms with E-state index >= 15 is 0 Å². The predicted molar refractivity (Wildman–Crippen MR) is 53.1 cm³/mol. The second kappa shape index (κ2) is 4.83. The average Bonchev–Trinajstić information content (AvgIpc) is 2.03. The number of nitrogens with two attached hydrogens (primary N) is 1. The molecule has 3 unspecified atom stereocenters. The summed E-state index contributed by atoms with van der Waals surface area (Å²) in [6.45, 7) is 5.68. The molecule has 1 saturated carbocycles. The van der Waals surface area contributed by atoms with E-state index in [-0.39, 0.29) is 0 Å². The highest BCUT2D eigenvalue weighted by Gasteiger charge is 2.24. The van der Waals surface area contributed by atoms with Crippen LogP contribution in [0.3, 0.4) is 0 Å². The first kappa shape index (κ1) is 10.0. The maximum absolute atomic E-state index is 5.89. The third-order valence-corrected chi connectivity index (χ3v) is 2.87. The highest BCUT2D eigenvalue weighted by Crippen LogP contribution is 2.22. The normalized spacial score (nSPS) is 36.8. The Bertz CT molecular complexity index is 123. The van der Waals surface area contributed by atoms with Crippen LogP contribution in [0, 0.1) is 5.92 Å². The minimum atomic E-state index is 0.458. The molecule has 2 nitrogen and oxygen atoms in total. The Morgan fingerprint density at radius 3 is 2.75 bits per heavy atom. The Morgan fingerprint density at radius 1 is 1.42 bits per heavy atom. The zero-order valence-corrected chi connectivity index (χ0v) is 8.34. The van der Waals surface area contributed by atoms with Gasteiger partial charge in [0.05, 0.1) is 0 Å². The number of hydrogen-bond donors (Lipinski definition) is 2. The molecule has 1 aliphatic rings. The molecule has 2 heteroatoms. The predicted octanol–water partition coefficient (Wildman–Crippen LogP) is 1.50. The topological polar surface area (TPSA) is 38.0 Å². The molecule has 3 N–H and O–H groups in total. The van der Waals surface area contributed by atoms with Gasteiger partial charge in [-0.2, -0.15) is 0 Å². The van der Waals surface area contributed by atoms with E-state index in [2.05, 4.69) is 19.2 Å². The average molecular weight is 170 g/mol. The molecular formula is C10H22N2. The molecule has 72 valence electrons. The van der Waals surface area contributed by atoms with Gasteiger partial charge in [-0.25, -0.2) is 0 Å². The van der Waals surface area contributed by atoms with Gasteiger partial charge in [-0.05, 0) is 38.1 Å². The molecule has 0 amide bonds. The molecule has 1 fully saturated rings. The van der Waals surface area contributed by atoms with Crippen molar-refractivity contribution in [2.45, 2.75) is 51.6 Å². The highest BCUT2D eigenvalue weighted by atomic mass is 14.9. The van der Waals surface area contributed by atoms with Crippen molar-refractivity contribution in [2.75, 3.05) is 6.54 Å². The molecule has 0 aliphatic heterocycles. The van der Waals surface area contributed by atoms with Crippen LogP contribution in [0.4, 0.5) is 0 Å². The molecule has 0 spiro atoms. The summed E-state index contributed by atoms with van der Waals surface area (Å²) < 4.78 is 0. The molecule has 3 atom stereocenters. The first-order chi connectivity index (χ1) is 5.74. The smallest absolute Gasteiger partial charge is 0.00938 e. The maximum atomic E-state index is 5.89. The van der Waals surface area contributed by atoms with E-state index in [9.17, 15) is 0 Å². The van der Waals surface area contributed by atoms with E-state index in [1.807, 2.05) is 0 Å². The first-order valence-corrected chi connectivity index (χ1v) is 5.23. The van der Waals surface area contributed by atoms with Crippen LogP contribution in [-0.4, -0.2) is 18.6 Å². The van der Waals surface area contributed by atoms with Crippen molar-refractivity contribution < 1.29 is 0 Å². The van der Waals surface area contributed by atoms with Gasteiger partial charge < -0.3 is 11.1 Å². The van der Waals surface area contributed by atoms with Crippen LogP contribution < -0.4 is 11.1 Å². The Kier molecular flexibility index (Phi) is 4.02. The molecule has 0 radical (unpaired) electrons. The maximum Gasteiger partial charge on any atom is 0.00938 e. The summed E-state index contributed by atoms with van der Waals surface area (Å²) in [6.07, 6.45) is 4.89. The molecule has 0 aromatic rings. The van der Waals surface area contributed by atoms with Crippen molar-refractivity contribution >= 4 is 0 Å². The second-order valence-corrected chi connectivity index (χ2v) is 4.11. The molecule has 1 aliphatic carbocycles. The number of nitrogens with one attached hydrogen (secondary N) is 1. The summed E-state index contributed by atoms with van der Waals surface area (Å²) in [5.74, 6) is 0.764. The SMILES string of the molecule is CCCNC1CCC(N)CC1C. The van der Waals surface area contributed by atoms with E-state index in [0.717, 1.165) is 18.5 Å². The van der Waals surface area contributed by atoms with Gasteiger partial charge in [-0.15, -0.1) is 0 Å². The monoisotopic (exact) mass is 170 g/mol. The standard InChI is InChI=1S/C10H22N2/c1-3-6-12-10-5-4-9(11)7-8(10)2/h8-10,12H,3-7,11H2,1-2H3. The van der Waals surface area contributed by atoms with Crippen molar-refractivity contribution in [3.63, 3.8) is 0 Å².